The number of para-hydroxylation sites is 1. The summed E-state index contributed by atoms with van der Waals surface area (Å²) in [6.45, 7) is 2.34. The minimum Gasteiger partial charge on any atom is -0.468 e. The molecule has 2 heterocycles. The Balaban J connectivity index is 1.76. The highest BCUT2D eigenvalue weighted by Crippen LogP contribution is 2.25. The average Bonchev–Trinajstić information content (AvgIpc) is 3.16. The Morgan fingerprint density at radius 3 is 2.65 bits per heavy atom. The highest BCUT2D eigenvalue weighted by atomic mass is 16.3. The molecule has 0 radical (unpaired) electrons. The van der Waals surface area contributed by atoms with Gasteiger partial charge in [0.15, 0.2) is 5.76 Å². The van der Waals surface area contributed by atoms with Gasteiger partial charge in [-0.2, -0.15) is 0 Å². The normalized spacial score (nSPS) is 12.7. The van der Waals surface area contributed by atoms with Crippen LogP contribution in [-0.4, -0.2) is 31.4 Å². The number of amides is 1. The van der Waals surface area contributed by atoms with Gasteiger partial charge in [0.25, 0.3) is 5.91 Å². The number of nitrogens with one attached hydrogen (secondary N) is 1. The standard InChI is InChI=1S/C18H20N2O3/c1-12-13-7-4-5-8-15(13)23-17(12)18(21)19-11-14(20(2)3)16-9-6-10-22-16/h4-10,14H,11H2,1-3H3,(H,19,21)/t14-/m0/s1. The van der Waals surface area contributed by atoms with Crippen LogP contribution in [0.1, 0.15) is 27.9 Å². The molecule has 0 saturated carbocycles. The van der Waals surface area contributed by atoms with E-state index in [1.54, 1.807) is 6.26 Å². The number of benzene rings is 1. The monoisotopic (exact) mass is 312 g/mol. The van der Waals surface area contributed by atoms with Crippen LogP contribution in [0.3, 0.4) is 0 Å². The van der Waals surface area contributed by atoms with Gasteiger partial charge in [-0.3, -0.25) is 9.69 Å². The van der Waals surface area contributed by atoms with Crippen molar-refractivity contribution in [2.45, 2.75) is 13.0 Å². The van der Waals surface area contributed by atoms with Gasteiger partial charge >= 0.3 is 0 Å². The Hall–Kier alpha value is -2.53. The lowest BCUT2D eigenvalue weighted by molar-refractivity contribution is 0.0912. The summed E-state index contributed by atoms with van der Waals surface area (Å²) in [6, 6.07) is 11.4. The summed E-state index contributed by atoms with van der Waals surface area (Å²) < 4.78 is 11.1. The van der Waals surface area contributed by atoms with Crippen molar-refractivity contribution in [3.8, 4) is 0 Å². The molecule has 5 heteroatoms. The number of carbonyl (C=O) groups excluding carboxylic acids is 1. The number of fused-ring (bicyclic) bond motifs is 1. The maximum absolute atomic E-state index is 12.5. The van der Waals surface area contributed by atoms with Crippen LogP contribution in [-0.2, 0) is 0 Å². The summed E-state index contributed by atoms with van der Waals surface area (Å²) in [6.07, 6.45) is 1.64. The van der Waals surface area contributed by atoms with E-state index in [1.807, 2.05) is 62.3 Å². The highest BCUT2D eigenvalue weighted by Gasteiger charge is 2.21. The van der Waals surface area contributed by atoms with Gasteiger partial charge in [-0.1, -0.05) is 18.2 Å². The van der Waals surface area contributed by atoms with E-state index in [2.05, 4.69) is 5.32 Å². The van der Waals surface area contributed by atoms with Gasteiger partial charge in [0.2, 0.25) is 0 Å². The Bertz CT molecular complexity index is 803. The minimum atomic E-state index is -0.211. The number of likely N-dealkylation sites (N-methyl/N-ethyl adjacent to an activating group) is 1. The smallest absolute Gasteiger partial charge is 0.287 e. The number of aryl methyl sites for hydroxylation is 1. The first-order valence-corrected chi connectivity index (χ1v) is 7.54. The van der Waals surface area contributed by atoms with Crippen molar-refractivity contribution < 1.29 is 13.6 Å². The van der Waals surface area contributed by atoms with Crippen LogP contribution in [0.4, 0.5) is 0 Å². The van der Waals surface area contributed by atoms with Crippen LogP contribution >= 0.6 is 0 Å². The summed E-state index contributed by atoms with van der Waals surface area (Å²) in [4.78, 5) is 14.5. The second kappa shape index (κ2) is 6.30. The van der Waals surface area contributed by atoms with Crippen LogP contribution < -0.4 is 5.32 Å². The first kappa shape index (κ1) is 15.4. The van der Waals surface area contributed by atoms with E-state index in [0.717, 1.165) is 22.3 Å². The van der Waals surface area contributed by atoms with Crippen molar-refractivity contribution in [3.05, 3.63) is 59.7 Å². The van der Waals surface area contributed by atoms with Crippen LogP contribution in [0.25, 0.3) is 11.0 Å². The van der Waals surface area contributed by atoms with E-state index in [0.29, 0.717) is 12.3 Å². The van der Waals surface area contributed by atoms with Gasteiger partial charge in [-0.15, -0.1) is 0 Å². The largest absolute Gasteiger partial charge is 0.468 e. The van der Waals surface area contributed by atoms with Gasteiger partial charge in [-0.05, 0) is 39.2 Å². The summed E-state index contributed by atoms with van der Waals surface area (Å²) in [5.41, 5.74) is 1.59. The van der Waals surface area contributed by atoms with Crippen molar-refractivity contribution in [3.63, 3.8) is 0 Å². The lowest BCUT2D eigenvalue weighted by atomic mass is 10.1. The van der Waals surface area contributed by atoms with E-state index in [4.69, 9.17) is 8.83 Å². The number of hydrogen-bond donors (Lipinski definition) is 1. The molecule has 0 saturated heterocycles. The quantitative estimate of drug-likeness (QED) is 0.785. The fourth-order valence-corrected chi connectivity index (χ4v) is 2.68. The molecule has 0 spiro atoms. The van der Waals surface area contributed by atoms with Crippen molar-refractivity contribution >= 4 is 16.9 Å². The molecule has 0 unspecified atom stereocenters. The third-order valence-electron chi connectivity index (χ3n) is 4.00. The van der Waals surface area contributed by atoms with Crippen LogP contribution in [0.15, 0.2) is 51.5 Å². The first-order chi connectivity index (χ1) is 11.1. The number of rotatable bonds is 5. The third-order valence-corrected chi connectivity index (χ3v) is 4.00. The Labute approximate surface area is 134 Å². The van der Waals surface area contributed by atoms with Crippen LogP contribution in [0.2, 0.25) is 0 Å². The molecule has 0 bridgehead atoms. The molecular formula is C18H20N2O3. The zero-order valence-corrected chi connectivity index (χ0v) is 13.5. The molecule has 2 aromatic heterocycles. The molecule has 1 atom stereocenters. The lowest BCUT2D eigenvalue weighted by Gasteiger charge is -2.22. The molecule has 1 amide bonds. The fourth-order valence-electron chi connectivity index (χ4n) is 2.68. The maximum atomic E-state index is 12.5. The highest BCUT2D eigenvalue weighted by molar-refractivity contribution is 5.98. The zero-order valence-electron chi connectivity index (χ0n) is 13.5. The van der Waals surface area contributed by atoms with E-state index in [-0.39, 0.29) is 11.9 Å². The molecule has 23 heavy (non-hydrogen) atoms. The minimum absolute atomic E-state index is 0.0290. The molecule has 1 N–H and O–H groups in total. The van der Waals surface area contributed by atoms with Crippen molar-refractivity contribution in [2.75, 3.05) is 20.6 Å². The van der Waals surface area contributed by atoms with Gasteiger partial charge in [-0.25, -0.2) is 0 Å². The summed E-state index contributed by atoms with van der Waals surface area (Å²) in [7, 11) is 3.90. The van der Waals surface area contributed by atoms with Crippen LogP contribution in [0.5, 0.6) is 0 Å². The van der Waals surface area contributed by atoms with E-state index in [1.165, 1.54) is 0 Å². The Morgan fingerprint density at radius 1 is 1.22 bits per heavy atom. The number of hydrogen-bond acceptors (Lipinski definition) is 4. The molecule has 0 aliphatic heterocycles. The molecular weight excluding hydrogens is 292 g/mol. The second-order valence-electron chi connectivity index (χ2n) is 5.76. The molecule has 120 valence electrons. The summed E-state index contributed by atoms with van der Waals surface area (Å²) in [5.74, 6) is 0.969. The molecule has 3 rings (SSSR count). The molecule has 0 fully saturated rings. The van der Waals surface area contributed by atoms with Gasteiger partial charge < -0.3 is 14.2 Å². The predicted molar refractivity (Wildman–Crippen MR) is 88.4 cm³/mol. The van der Waals surface area contributed by atoms with E-state index in [9.17, 15) is 4.79 Å². The molecule has 0 aliphatic rings. The van der Waals surface area contributed by atoms with Gasteiger partial charge in [0.05, 0.1) is 12.3 Å². The number of carbonyl (C=O) groups is 1. The summed E-state index contributed by atoms with van der Waals surface area (Å²) in [5, 5.41) is 3.90. The SMILES string of the molecule is Cc1c(C(=O)NC[C@@H](c2ccco2)N(C)C)oc2ccccc12. The molecule has 0 aliphatic carbocycles. The van der Waals surface area contributed by atoms with Gasteiger partial charge in [0.1, 0.15) is 11.3 Å². The third kappa shape index (κ3) is 3.00. The summed E-state index contributed by atoms with van der Waals surface area (Å²) >= 11 is 0. The van der Waals surface area contributed by atoms with Crippen molar-refractivity contribution in [2.24, 2.45) is 0 Å². The van der Waals surface area contributed by atoms with Crippen molar-refractivity contribution in [1.82, 2.24) is 10.2 Å². The predicted octanol–water partition coefficient (Wildman–Crippen LogP) is 3.37. The van der Waals surface area contributed by atoms with Crippen molar-refractivity contribution in [1.29, 1.82) is 0 Å². The second-order valence-corrected chi connectivity index (χ2v) is 5.76. The maximum Gasteiger partial charge on any atom is 0.287 e. The van der Waals surface area contributed by atoms with E-state index < -0.39 is 0 Å². The average molecular weight is 312 g/mol. The lowest BCUT2D eigenvalue weighted by Crippen LogP contribution is -2.34. The Kier molecular flexibility index (Phi) is 4.21. The molecule has 3 aromatic rings. The molecule has 1 aromatic carbocycles. The fraction of sp³-hybridized carbons (Fsp3) is 0.278. The number of furan rings is 2. The zero-order chi connectivity index (χ0) is 16.4. The topological polar surface area (TPSA) is 58.6 Å². The van der Waals surface area contributed by atoms with E-state index >= 15 is 0 Å². The van der Waals surface area contributed by atoms with Gasteiger partial charge in [0, 0.05) is 17.5 Å². The number of nitrogens with zero attached hydrogens (tertiary/aromatic N) is 1. The molecule has 5 nitrogen and oxygen atoms in total. The first-order valence-electron chi connectivity index (χ1n) is 7.54. The Morgan fingerprint density at radius 2 is 2.00 bits per heavy atom. The van der Waals surface area contributed by atoms with Crippen LogP contribution in [0, 0.1) is 6.92 Å².